The predicted octanol–water partition coefficient (Wildman–Crippen LogP) is 7.96. The Morgan fingerprint density at radius 3 is 1.59 bits per heavy atom. The van der Waals surface area contributed by atoms with Gasteiger partial charge in [-0.1, -0.05) is 78.4 Å². The zero-order valence-electron chi connectivity index (χ0n) is 25.8. The van der Waals surface area contributed by atoms with Crippen LogP contribution in [-0.4, -0.2) is 38.9 Å². The van der Waals surface area contributed by atoms with Crippen LogP contribution in [0.3, 0.4) is 0 Å². The van der Waals surface area contributed by atoms with Gasteiger partial charge in [0.05, 0.1) is 5.04 Å². The van der Waals surface area contributed by atoms with Crippen molar-refractivity contribution in [1.82, 2.24) is 0 Å². The molecule has 0 aromatic heterocycles. The number of hydrogen-bond donors (Lipinski definition) is 0. The second-order valence-corrected chi connectivity index (χ2v) is 18.4. The van der Waals surface area contributed by atoms with Crippen LogP contribution in [0.2, 0.25) is 11.1 Å². The van der Waals surface area contributed by atoms with Crippen molar-refractivity contribution in [2.24, 2.45) is 29.6 Å². The lowest BCUT2D eigenvalue weighted by atomic mass is 9.78. The Bertz CT molecular complexity index is 1370. The van der Waals surface area contributed by atoms with E-state index in [0.717, 1.165) is 36.1 Å². The molecule has 2 saturated carbocycles. The van der Waals surface area contributed by atoms with E-state index in [1.807, 2.05) is 91.0 Å². The first-order valence-electron chi connectivity index (χ1n) is 15.8. The van der Waals surface area contributed by atoms with Gasteiger partial charge in [0.2, 0.25) is 0 Å². The first kappa shape index (κ1) is 29.6. The molecule has 6 nitrogen and oxygen atoms in total. The minimum absolute atomic E-state index is 0.282. The zero-order chi connectivity index (χ0) is 30.2. The first-order chi connectivity index (χ1) is 21.5. The van der Waals surface area contributed by atoms with Crippen LogP contribution in [0.25, 0.3) is 0 Å². The molecule has 7 rings (SSSR count). The van der Waals surface area contributed by atoms with Crippen molar-refractivity contribution in [1.29, 1.82) is 0 Å². The average Bonchev–Trinajstić information content (AvgIpc) is 3.86. The summed E-state index contributed by atoms with van der Waals surface area (Å²) in [5.41, 5.74) is 1.48. The van der Waals surface area contributed by atoms with Gasteiger partial charge < -0.3 is 26.6 Å². The lowest BCUT2D eigenvalue weighted by Crippen LogP contribution is -2.64. The Balaban J connectivity index is 1.40. The van der Waals surface area contributed by atoms with E-state index in [1.165, 1.54) is 18.4 Å². The zero-order valence-corrected chi connectivity index (χ0v) is 27.8. The molecule has 4 aliphatic rings. The molecule has 3 aromatic rings. The van der Waals surface area contributed by atoms with Gasteiger partial charge in [-0.05, 0) is 91.7 Å². The molecule has 4 aliphatic carbocycles. The SMILES string of the molecule is CO[Si](CC1CC2([Si](Oc3ccccc3)(Oc3ccccc3)Oc3ccccc3)CC1C=C2C1CC2C=CC1C2)(OC)OC. The van der Waals surface area contributed by atoms with Crippen LogP contribution in [0.4, 0.5) is 0 Å². The predicted molar refractivity (Wildman–Crippen MR) is 174 cm³/mol. The summed E-state index contributed by atoms with van der Waals surface area (Å²) in [6.07, 6.45) is 11.6. The van der Waals surface area contributed by atoms with E-state index in [0.29, 0.717) is 23.7 Å². The summed E-state index contributed by atoms with van der Waals surface area (Å²) in [6, 6.07) is 30.9. The number of rotatable bonds is 13. The maximum absolute atomic E-state index is 7.30. The molecule has 6 atom stereocenters. The number of benzene rings is 3. The second-order valence-electron chi connectivity index (χ2n) is 12.7. The van der Waals surface area contributed by atoms with Crippen molar-refractivity contribution in [3.8, 4) is 17.2 Å². The molecule has 0 spiro atoms. The van der Waals surface area contributed by atoms with Crippen LogP contribution in [0.1, 0.15) is 25.7 Å². The van der Waals surface area contributed by atoms with E-state index in [9.17, 15) is 0 Å². The molecule has 8 heteroatoms. The highest BCUT2D eigenvalue weighted by atomic mass is 28.4. The molecule has 4 bridgehead atoms. The topological polar surface area (TPSA) is 55.4 Å². The van der Waals surface area contributed by atoms with Crippen molar-refractivity contribution < 1.29 is 26.6 Å². The smallest absolute Gasteiger partial charge is 0.483 e. The molecule has 0 radical (unpaired) electrons. The van der Waals surface area contributed by atoms with Gasteiger partial charge in [0.25, 0.3) is 0 Å². The largest absolute Gasteiger partial charge is 0.710 e. The normalized spacial score (nSPS) is 28.7. The number of para-hydroxylation sites is 3. The van der Waals surface area contributed by atoms with Crippen LogP contribution in [0.15, 0.2) is 115 Å². The summed E-state index contributed by atoms with van der Waals surface area (Å²) in [5.74, 6) is 4.52. The summed E-state index contributed by atoms with van der Waals surface area (Å²) >= 11 is 0. The highest BCUT2D eigenvalue weighted by Crippen LogP contribution is 2.71. The molecule has 0 heterocycles. The molecule has 0 N–H and O–H groups in total. The van der Waals surface area contributed by atoms with Crippen LogP contribution in [0.5, 0.6) is 17.2 Å². The van der Waals surface area contributed by atoms with Crippen LogP contribution in [0, 0.1) is 29.6 Å². The number of allylic oxidation sites excluding steroid dienone is 4. The first-order valence-corrected chi connectivity index (χ1v) is 19.4. The van der Waals surface area contributed by atoms with Gasteiger partial charge in [-0.25, -0.2) is 0 Å². The maximum Gasteiger partial charge on any atom is 0.710 e. The molecular weight excluding hydrogens is 585 g/mol. The average molecular weight is 627 g/mol. The third-order valence-corrected chi connectivity index (χ3v) is 16.7. The number of fused-ring (bicyclic) bond motifs is 4. The van der Waals surface area contributed by atoms with Crippen LogP contribution < -0.4 is 13.3 Å². The van der Waals surface area contributed by atoms with Gasteiger partial charge in [-0.2, -0.15) is 0 Å². The molecule has 0 amide bonds. The quantitative estimate of drug-likeness (QED) is 0.142. The van der Waals surface area contributed by atoms with E-state index in [2.05, 4.69) is 18.2 Å². The Kier molecular flexibility index (Phi) is 8.05. The Labute approximate surface area is 263 Å². The van der Waals surface area contributed by atoms with E-state index in [-0.39, 0.29) is 5.92 Å². The fraction of sp³-hybridized carbons (Fsp3) is 0.389. The van der Waals surface area contributed by atoms with Crippen LogP contribution in [-0.2, 0) is 13.3 Å². The fourth-order valence-electron chi connectivity index (χ4n) is 8.45. The van der Waals surface area contributed by atoms with Crippen molar-refractivity contribution in [3.63, 3.8) is 0 Å². The van der Waals surface area contributed by atoms with Crippen molar-refractivity contribution in [2.75, 3.05) is 21.3 Å². The summed E-state index contributed by atoms with van der Waals surface area (Å²) < 4.78 is 39.8. The van der Waals surface area contributed by atoms with E-state index in [4.69, 9.17) is 26.6 Å². The summed E-state index contributed by atoms with van der Waals surface area (Å²) in [7, 11) is -1.42. The van der Waals surface area contributed by atoms with Gasteiger partial charge in [0.1, 0.15) is 17.2 Å². The Morgan fingerprint density at radius 1 is 0.636 bits per heavy atom. The second kappa shape index (κ2) is 12.0. The van der Waals surface area contributed by atoms with E-state index in [1.54, 1.807) is 21.3 Å². The summed E-state index contributed by atoms with van der Waals surface area (Å²) in [4.78, 5) is 0. The highest BCUT2D eigenvalue weighted by molar-refractivity contribution is 6.68. The fourth-order valence-corrected chi connectivity index (χ4v) is 14.2. The van der Waals surface area contributed by atoms with Crippen molar-refractivity contribution in [3.05, 3.63) is 115 Å². The van der Waals surface area contributed by atoms with E-state index >= 15 is 0 Å². The third-order valence-electron chi connectivity index (χ3n) is 10.4. The number of hydrogen-bond acceptors (Lipinski definition) is 6. The minimum Gasteiger partial charge on any atom is -0.483 e. The van der Waals surface area contributed by atoms with Gasteiger partial charge >= 0.3 is 17.6 Å². The van der Waals surface area contributed by atoms with Gasteiger partial charge in [0.15, 0.2) is 0 Å². The molecule has 3 aromatic carbocycles. The standard InChI is InChI=1S/C36H42O6Si2/c1-37-43(38-2,39-3)26-30-25-36(24-29(30)23-35(36)34-22-27-19-20-28(34)21-27)44(40-31-13-7-4-8-14-31,41-32-15-9-5-10-16-32)42-33-17-11-6-12-18-33/h4-20,23,27-30,34H,21-22,24-26H2,1-3H3. The molecular formula is C36H42O6Si2. The minimum atomic E-state index is -3.70. The Morgan fingerprint density at radius 2 is 1.16 bits per heavy atom. The third kappa shape index (κ3) is 5.16. The van der Waals surface area contributed by atoms with Crippen molar-refractivity contribution in [2.45, 2.75) is 36.8 Å². The highest BCUT2D eigenvalue weighted by Gasteiger charge is 2.76. The van der Waals surface area contributed by atoms with Gasteiger partial charge in [-0.15, -0.1) is 0 Å². The molecule has 0 aliphatic heterocycles. The molecule has 2 fully saturated rings. The van der Waals surface area contributed by atoms with E-state index < -0.39 is 22.6 Å². The molecule has 44 heavy (non-hydrogen) atoms. The Hall–Kier alpha value is -3.15. The lowest BCUT2D eigenvalue weighted by Gasteiger charge is -2.46. The van der Waals surface area contributed by atoms with Gasteiger partial charge in [0, 0.05) is 27.4 Å². The molecule has 230 valence electrons. The van der Waals surface area contributed by atoms with Crippen LogP contribution >= 0.6 is 0 Å². The summed E-state index contributed by atoms with van der Waals surface area (Å²) in [6.45, 7) is 0. The summed E-state index contributed by atoms with van der Waals surface area (Å²) in [5, 5.41) is -0.442. The molecule has 6 unspecified atom stereocenters. The maximum atomic E-state index is 7.30. The molecule has 0 saturated heterocycles. The lowest BCUT2D eigenvalue weighted by molar-refractivity contribution is 0.115. The van der Waals surface area contributed by atoms with Crippen molar-refractivity contribution >= 4 is 17.6 Å². The monoisotopic (exact) mass is 626 g/mol. The van der Waals surface area contributed by atoms with Gasteiger partial charge in [-0.3, -0.25) is 0 Å².